The Bertz CT molecular complexity index is 967. The molecule has 0 atom stereocenters. The highest BCUT2D eigenvalue weighted by Gasteiger charge is 2.28. The summed E-state index contributed by atoms with van der Waals surface area (Å²) in [7, 11) is -3.59. The Kier molecular flexibility index (Phi) is 6.03. The molecular formula is C20H23BrN2O3S. The SMILES string of the molecule is Cc1cc(NC(=O)c2ccc(C)c(S(=O)(=O)N3CCCCC3)c2)ccc1Br. The van der Waals surface area contributed by atoms with E-state index in [4.69, 9.17) is 0 Å². The Balaban J connectivity index is 1.88. The van der Waals surface area contributed by atoms with Crippen molar-refractivity contribution < 1.29 is 13.2 Å². The van der Waals surface area contributed by atoms with Crippen LogP contribution in [0.4, 0.5) is 5.69 Å². The maximum atomic E-state index is 13.0. The first kappa shape index (κ1) is 20.0. The van der Waals surface area contributed by atoms with Gasteiger partial charge in [-0.25, -0.2) is 8.42 Å². The minimum Gasteiger partial charge on any atom is -0.322 e. The second-order valence-corrected chi connectivity index (χ2v) is 9.62. The first-order chi connectivity index (χ1) is 12.8. The van der Waals surface area contributed by atoms with Gasteiger partial charge in [-0.1, -0.05) is 28.4 Å². The number of carbonyl (C=O) groups is 1. The average Bonchev–Trinajstić information content (AvgIpc) is 2.65. The van der Waals surface area contributed by atoms with Crippen molar-refractivity contribution in [2.45, 2.75) is 38.0 Å². The third kappa shape index (κ3) is 4.42. The number of nitrogens with zero attached hydrogens (tertiary/aromatic N) is 1. The number of hydrogen-bond donors (Lipinski definition) is 1. The van der Waals surface area contributed by atoms with Gasteiger partial charge in [0.1, 0.15) is 0 Å². The average molecular weight is 451 g/mol. The van der Waals surface area contributed by atoms with Crippen LogP contribution >= 0.6 is 15.9 Å². The van der Waals surface area contributed by atoms with Crippen molar-refractivity contribution in [3.63, 3.8) is 0 Å². The predicted molar refractivity (Wildman–Crippen MR) is 111 cm³/mol. The van der Waals surface area contributed by atoms with Crippen LogP contribution in [0.1, 0.15) is 40.7 Å². The summed E-state index contributed by atoms with van der Waals surface area (Å²) in [5, 5.41) is 2.84. The Hall–Kier alpha value is -1.70. The summed E-state index contributed by atoms with van der Waals surface area (Å²) >= 11 is 3.43. The summed E-state index contributed by atoms with van der Waals surface area (Å²) in [6.07, 6.45) is 2.81. The Morgan fingerprint density at radius 1 is 1.00 bits per heavy atom. The lowest BCUT2D eigenvalue weighted by molar-refractivity contribution is 0.102. The standard InChI is InChI=1S/C20H23BrN2O3S/c1-14-6-7-16(20(24)22-17-8-9-18(21)15(2)12-17)13-19(14)27(25,26)23-10-4-3-5-11-23/h6-9,12-13H,3-5,10-11H2,1-2H3,(H,22,24). The molecule has 0 saturated carbocycles. The molecule has 5 nitrogen and oxygen atoms in total. The number of aryl methyl sites for hydroxylation is 2. The largest absolute Gasteiger partial charge is 0.322 e. The lowest BCUT2D eigenvalue weighted by Crippen LogP contribution is -2.36. The van der Waals surface area contributed by atoms with Gasteiger partial charge >= 0.3 is 0 Å². The smallest absolute Gasteiger partial charge is 0.255 e. The number of rotatable bonds is 4. The molecule has 27 heavy (non-hydrogen) atoms. The molecule has 1 amide bonds. The molecule has 7 heteroatoms. The monoisotopic (exact) mass is 450 g/mol. The third-order valence-electron chi connectivity index (χ3n) is 4.80. The van der Waals surface area contributed by atoms with E-state index >= 15 is 0 Å². The number of halogens is 1. The quantitative estimate of drug-likeness (QED) is 0.745. The zero-order valence-electron chi connectivity index (χ0n) is 15.5. The third-order valence-corrected chi connectivity index (χ3v) is 7.73. The van der Waals surface area contributed by atoms with E-state index in [-0.39, 0.29) is 10.8 Å². The molecule has 1 aliphatic heterocycles. The van der Waals surface area contributed by atoms with Crippen molar-refractivity contribution >= 4 is 37.5 Å². The van der Waals surface area contributed by atoms with Crippen LogP contribution in [0.25, 0.3) is 0 Å². The van der Waals surface area contributed by atoms with Crippen molar-refractivity contribution in [2.75, 3.05) is 18.4 Å². The molecule has 0 aromatic heterocycles. The highest BCUT2D eigenvalue weighted by Crippen LogP contribution is 2.25. The number of carbonyl (C=O) groups excluding carboxylic acids is 1. The van der Waals surface area contributed by atoms with Gasteiger partial charge in [-0.3, -0.25) is 4.79 Å². The Labute approximate surface area is 169 Å². The summed E-state index contributed by atoms with van der Waals surface area (Å²) < 4.78 is 28.5. The summed E-state index contributed by atoms with van der Waals surface area (Å²) in [6.45, 7) is 4.78. The molecule has 0 radical (unpaired) electrons. The van der Waals surface area contributed by atoms with E-state index in [1.165, 1.54) is 10.4 Å². The van der Waals surface area contributed by atoms with Gasteiger partial charge in [-0.2, -0.15) is 4.31 Å². The van der Waals surface area contributed by atoms with Gasteiger partial charge in [0.2, 0.25) is 10.0 Å². The van der Waals surface area contributed by atoms with Crippen LogP contribution in [0.2, 0.25) is 0 Å². The molecule has 2 aromatic rings. The number of sulfonamides is 1. The fraction of sp³-hybridized carbons (Fsp3) is 0.350. The molecule has 0 bridgehead atoms. The second-order valence-electron chi connectivity index (χ2n) is 6.86. The Morgan fingerprint density at radius 2 is 1.70 bits per heavy atom. The second kappa shape index (κ2) is 8.12. The lowest BCUT2D eigenvalue weighted by atomic mass is 10.1. The highest BCUT2D eigenvalue weighted by atomic mass is 79.9. The van der Waals surface area contributed by atoms with Crippen molar-refractivity contribution in [1.29, 1.82) is 0 Å². The van der Waals surface area contributed by atoms with Crippen molar-refractivity contribution in [3.05, 3.63) is 57.6 Å². The van der Waals surface area contributed by atoms with Crippen LogP contribution < -0.4 is 5.32 Å². The van der Waals surface area contributed by atoms with E-state index < -0.39 is 10.0 Å². The molecule has 0 unspecified atom stereocenters. The van der Waals surface area contributed by atoms with E-state index in [2.05, 4.69) is 21.2 Å². The maximum Gasteiger partial charge on any atom is 0.255 e. The molecule has 144 valence electrons. The molecular weight excluding hydrogens is 428 g/mol. The minimum absolute atomic E-state index is 0.212. The zero-order valence-corrected chi connectivity index (χ0v) is 17.9. The number of amides is 1. The lowest BCUT2D eigenvalue weighted by Gasteiger charge is -2.26. The number of anilines is 1. The van der Waals surface area contributed by atoms with Crippen molar-refractivity contribution in [1.82, 2.24) is 4.31 Å². The van der Waals surface area contributed by atoms with Crippen molar-refractivity contribution in [2.24, 2.45) is 0 Å². The maximum absolute atomic E-state index is 13.0. The van der Waals surface area contributed by atoms with Crippen LogP contribution in [0.15, 0.2) is 45.8 Å². The van der Waals surface area contributed by atoms with Crippen LogP contribution in [0.3, 0.4) is 0 Å². The topological polar surface area (TPSA) is 66.5 Å². The number of benzene rings is 2. The number of hydrogen-bond acceptors (Lipinski definition) is 3. The van der Waals surface area contributed by atoms with Crippen molar-refractivity contribution in [3.8, 4) is 0 Å². The summed E-state index contributed by atoms with van der Waals surface area (Å²) in [6, 6.07) is 10.4. The van der Waals surface area contributed by atoms with Crippen LogP contribution in [-0.4, -0.2) is 31.7 Å². The van der Waals surface area contributed by atoms with Gasteiger partial charge in [-0.15, -0.1) is 0 Å². The Morgan fingerprint density at radius 3 is 2.37 bits per heavy atom. The molecule has 3 rings (SSSR count). The highest BCUT2D eigenvalue weighted by molar-refractivity contribution is 9.10. The summed E-state index contributed by atoms with van der Waals surface area (Å²) in [5.74, 6) is -0.327. The first-order valence-electron chi connectivity index (χ1n) is 8.97. The van der Waals surface area contributed by atoms with E-state index in [9.17, 15) is 13.2 Å². The summed E-state index contributed by atoms with van der Waals surface area (Å²) in [5.41, 5.74) is 2.65. The predicted octanol–water partition coefficient (Wildman–Crippen LogP) is 4.49. The van der Waals surface area contributed by atoms with Gasteiger partial charge in [0.15, 0.2) is 0 Å². The number of nitrogens with one attached hydrogen (secondary N) is 1. The first-order valence-corrected chi connectivity index (χ1v) is 11.2. The summed E-state index contributed by atoms with van der Waals surface area (Å²) in [4.78, 5) is 12.9. The molecule has 2 aromatic carbocycles. The van der Waals surface area contributed by atoms with E-state index in [1.54, 1.807) is 25.1 Å². The molecule has 1 heterocycles. The van der Waals surface area contributed by atoms with Crippen LogP contribution in [-0.2, 0) is 10.0 Å². The normalized spacial score (nSPS) is 15.5. The van der Waals surface area contributed by atoms with Gasteiger partial charge in [0.05, 0.1) is 4.90 Å². The fourth-order valence-electron chi connectivity index (χ4n) is 3.19. The van der Waals surface area contributed by atoms with Gasteiger partial charge in [0, 0.05) is 28.8 Å². The fourth-order valence-corrected chi connectivity index (χ4v) is 5.20. The number of piperidine rings is 1. The molecule has 1 fully saturated rings. The molecule has 1 aliphatic rings. The van der Waals surface area contributed by atoms with Gasteiger partial charge < -0.3 is 5.32 Å². The zero-order chi connectivity index (χ0) is 19.6. The van der Waals surface area contributed by atoms with Crippen LogP contribution in [0, 0.1) is 13.8 Å². The van der Waals surface area contributed by atoms with Crippen LogP contribution in [0.5, 0.6) is 0 Å². The van der Waals surface area contributed by atoms with Gasteiger partial charge in [0.25, 0.3) is 5.91 Å². The molecule has 1 N–H and O–H groups in total. The van der Waals surface area contributed by atoms with E-state index in [1.807, 2.05) is 19.1 Å². The molecule has 0 aliphatic carbocycles. The van der Waals surface area contributed by atoms with Gasteiger partial charge in [-0.05, 0) is 68.1 Å². The molecule has 1 saturated heterocycles. The minimum atomic E-state index is -3.59. The van der Waals surface area contributed by atoms with E-state index in [0.29, 0.717) is 29.9 Å². The van der Waals surface area contributed by atoms with E-state index in [0.717, 1.165) is 29.3 Å². The molecule has 0 spiro atoms.